The van der Waals surface area contributed by atoms with Crippen molar-refractivity contribution in [2.75, 3.05) is 21.3 Å². The molecule has 0 radical (unpaired) electrons. The number of nitrogens with zero attached hydrogens (tertiary/aromatic N) is 1. The minimum Gasteiger partial charge on any atom is -0.493 e. The highest BCUT2D eigenvalue weighted by molar-refractivity contribution is 5.97. The van der Waals surface area contributed by atoms with E-state index in [1.54, 1.807) is 27.5 Å². The summed E-state index contributed by atoms with van der Waals surface area (Å²) in [6.45, 7) is 4.35. The van der Waals surface area contributed by atoms with E-state index >= 15 is 0 Å². The first kappa shape index (κ1) is 18.8. The van der Waals surface area contributed by atoms with Crippen molar-refractivity contribution in [3.05, 3.63) is 53.1 Å². The zero-order chi connectivity index (χ0) is 19.4. The Kier molecular flexibility index (Phi) is 5.35. The smallest absolute Gasteiger partial charge is 0.300 e. The SMILES string of the molecule is COc1cc(/C=N\NC2=[NH+]C(C)(C)Cc3ccccc32)cc(OC)c1OC. The minimum atomic E-state index is -0.0429. The topological polar surface area (TPSA) is 66.0 Å². The molecule has 2 aromatic rings. The van der Waals surface area contributed by atoms with Crippen molar-refractivity contribution in [2.24, 2.45) is 5.10 Å². The normalized spacial score (nSPS) is 15.1. The van der Waals surface area contributed by atoms with Crippen LogP contribution in [0.2, 0.25) is 0 Å². The number of amidine groups is 1. The van der Waals surface area contributed by atoms with Gasteiger partial charge in [0, 0.05) is 12.0 Å². The van der Waals surface area contributed by atoms with Crippen LogP contribution in [0.5, 0.6) is 17.2 Å². The second kappa shape index (κ2) is 7.70. The van der Waals surface area contributed by atoms with Gasteiger partial charge in [-0.15, -0.1) is 5.43 Å². The molecule has 1 heterocycles. The number of hydrogen-bond donors (Lipinski definition) is 2. The van der Waals surface area contributed by atoms with Crippen LogP contribution in [0.25, 0.3) is 0 Å². The summed E-state index contributed by atoms with van der Waals surface area (Å²) in [5.41, 5.74) is 6.37. The third-order valence-electron chi connectivity index (χ3n) is 4.46. The van der Waals surface area contributed by atoms with Gasteiger partial charge in [0.1, 0.15) is 5.54 Å². The third kappa shape index (κ3) is 4.05. The van der Waals surface area contributed by atoms with Crippen LogP contribution in [-0.2, 0) is 6.42 Å². The monoisotopic (exact) mass is 368 g/mol. The van der Waals surface area contributed by atoms with Gasteiger partial charge in [0.05, 0.1) is 33.1 Å². The first-order valence-electron chi connectivity index (χ1n) is 8.80. The van der Waals surface area contributed by atoms with Crippen molar-refractivity contribution in [3.63, 3.8) is 0 Å². The maximum atomic E-state index is 5.38. The molecule has 2 aromatic carbocycles. The number of hydrogen-bond acceptors (Lipinski definition) is 5. The minimum absolute atomic E-state index is 0.0429. The molecule has 0 amide bonds. The van der Waals surface area contributed by atoms with Crippen molar-refractivity contribution < 1.29 is 19.2 Å². The van der Waals surface area contributed by atoms with Gasteiger partial charge >= 0.3 is 5.84 Å². The van der Waals surface area contributed by atoms with E-state index in [2.05, 4.69) is 47.6 Å². The first-order valence-corrected chi connectivity index (χ1v) is 8.80. The van der Waals surface area contributed by atoms with Crippen molar-refractivity contribution in [1.82, 2.24) is 5.43 Å². The zero-order valence-corrected chi connectivity index (χ0v) is 16.4. The van der Waals surface area contributed by atoms with Crippen LogP contribution >= 0.6 is 0 Å². The van der Waals surface area contributed by atoms with E-state index in [0.29, 0.717) is 17.2 Å². The van der Waals surface area contributed by atoms with E-state index in [4.69, 9.17) is 14.2 Å². The van der Waals surface area contributed by atoms with E-state index in [1.807, 2.05) is 18.2 Å². The molecule has 0 saturated carbocycles. The van der Waals surface area contributed by atoms with Crippen molar-refractivity contribution in [2.45, 2.75) is 25.8 Å². The molecule has 142 valence electrons. The molecule has 27 heavy (non-hydrogen) atoms. The zero-order valence-electron chi connectivity index (χ0n) is 16.4. The number of benzene rings is 2. The van der Waals surface area contributed by atoms with Gasteiger partial charge < -0.3 is 14.2 Å². The van der Waals surface area contributed by atoms with E-state index in [0.717, 1.165) is 23.4 Å². The molecule has 0 atom stereocenters. The summed E-state index contributed by atoms with van der Waals surface area (Å²) in [6.07, 6.45) is 2.69. The van der Waals surface area contributed by atoms with E-state index in [1.165, 1.54) is 5.56 Å². The lowest BCUT2D eigenvalue weighted by molar-refractivity contribution is -0.547. The number of hydrazone groups is 1. The Morgan fingerprint density at radius 2 is 1.70 bits per heavy atom. The molecule has 0 unspecified atom stereocenters. The molecular weight excluding hydrogens is 342 g/mol. The fraction of sp³-hybridized carbons (Fsp3) is 0.333. The van der Waals surface area contributed by atoms with Gasteiger partial charge in [0.25, 0.3) is 0 Å². The molecule has 6 heteroatoms. The van der Waals surface area contributed by atoms with Gasteiger partial charge in [0.2, 0.25) is 5.75 Å². The Morgan fingerprint density at radius 1 is 1.04 bits per heavy atom. The van der Waals surface area contributed by atoms with E-state index in [9.17, 15) is 0 Å². The number of methoxy groups -OCH3 is 3. The highest BCUT2D eigenvalue weighted by atomic mass is 16.5. The molecule has 3 rings (SSSR count). The maximum absolute atomic E-state index is 5.38. The van der Waals surface area contributed by atoms with Crippen LogP contribution in [0.4, 0.5) is 0 Å². The Labute approximate surface area is 159 Å². The lowest BCUT2D eigenvalue weighted by Crippen LogP contribution is -2.89. The van der Waals surface area contributed by atoms with Gasteiger partial charge in [-0.25, -0.2) is 0 Å². The van der Waals surface area contributed by atoms with Crippen LogP contribution in [0.15, 0.2) is 41.5 Å². The predicted molar refractivity (Wildman–Crippen MR) is 106 cm³/mol. The molecule has 0 spiro atoms. The van der Waals surface area contributed by atoms with Crippen LogP contribution < -0.4 is 24.6 Å². The van der Waals surface area contributed by atoms with Crippen molar-refractivity contribution in [3.8, 4) is 17.2 Å². The Balaban J connectivity index is 1.86. The van der Waals surface area contributed by atoms with Crippen LogP contribution in [0.1, 0.15) is 30.5 Å². The Bertz CT molecular complexity index is 863. The Hall–Kier alpha value is -3.02. The molecule has 6 nitrogen and oxygen atoms in total. The second-order valence-corrected chi connectivity index (χ2v) is 7.05. The fourth-order valence-electron chi connectivity index (χ4n) is 3.28. The predicted octanol–water partition coefficient (Wildman–Crippen LogP) is 1.50. The molecule has 0 fully saturated rings. The van der Waals surface area contributed by atoms with E-state index in [-0.39, 0.29) is 5.54 Å². The first-order chi connectivity index (χ1) is 13.0. The number of nitrogens with one attached hydrogen (secondary N) is 2. The van der Waals surface area contributed by atoms with Gasteiger partial charge in [-0.1, -0.05) is 23.3 Å². The quantitative estimate of drug-likeness (QED) is 0.620. The summed E-state index contributed by atoms with van der Waals surface area (Å²) < 4.78 is 16.1. The number of rotatable bonds is 5. The Morgan fingerprint density at radius 3 is 2.33 bits per heavy atom. The lowest BCUT2D eigenvalue weighted by Gasteiger charge is -2.24. The van der Waals surface area contributed by atoms with Crippen LogP contribution in [-0.4, -0.2) is 38.9 Å². The van der Waals surface area contributed by atoms with Crippen LogP contribution in [0.3, 0.4) is 0 Å². The molecule has 0 saturated heterocycles. The molecule has 0 aliphatic carbocycles. The van der Waals surface area contributed by atoms with Gasteiger partial charge in [-0.05, 0) is 37.6 Å². The van der Waals surface area contributed by atoms with Crippen molar-refractivity contribution in [1.29, 1.82) is 0 Å². The summed E-state index contributed by atoms with van der Waals surface area (Å²) in [6, 6.07) is 12.0. The second-order valence-electron chi connectivity index (χ2n) is 7.05. The third-order valence-corrected chi connectivity index (χ3v) is 4.46. The number of fused-ring (bicyclic) bond motifs is 1. The molecule has 2 N–H and O–H groups in total. The van der Waals surface area contributed by atoms with E-state index < -0.39 is 0 Å². The highest BCUT2D eigenvalue weighted by Gasteiger charge is 2.30. The summed E-state index contributed by atoms with van der Waals surface area (Å²) in [4.78, 5) is 3.52. The lowest BCUT2D eigenvalue weighted by atomic mass is 9.89. The fourth-order valence-corrected chi connectivity index (χ4v) is 3.28. The summed E-state index contributed by atoms with van der Waals surface area (Å²) >= 11 is 0. The van der Waals surface area contributed by atoms with Crippen LogP contribution in [0, 0.1) is 0 Å². The maximum Gasteiger partial charge on any atom is 0.300 e. The molecule has 1 aliphatic heterocycles. The van der Waals surface area contributed by atoms with Gasteiger partial charge in [0.15, 0.2) is 11.5 Å². The molecular formula is C21H26N3O3+. The van der Waals surface area contributed by atoms with Gasteiger partial charge in [-0.2, -0.15) is 0 Å². The molecule has 0 bridgehead atoms. The largest absolute Gasteiger partial charge is 0.493 e. The van der Waals surface area contributed by atoms with Crippen molar-refractivity contribution >= 4 is 12.1 Å². The average Bonchev–Trinajstić information content (AvgIpc) is 2.66. The highest BCUT2D eigenvalue weighted by Crippen LogP contribution is 2.37. The molecule has 0 aromatic heterocycles. The molecule has 1 aliphatic rings. The number of ether oxygens (including phenoxy) is 3. The standard InChI is InChI=1S/C21H25N3O3/c1-21(2)12-15-8-6-7-9-16(15)20(23-21)24-22-13-14-10-17(25-3)19(27-5)18(11-14)26-4/h6-11,13H,12H2,1-5H3,(H,23,24)/p+1/b22-13-. The summed E-state index contributed by atoms with van der Waals surface area (Å²) in [7, 11) is 4.77. The summed E-state index contributed by atoms with van der Waals surface area (Å²) in [5, 5.41) is 4.41. The van der Waals surface area contributed by atoms with Gasteiger partial charge in [-0.3, -0.25) is 4.99 Å². The average molecular weight is 368 g/mol. The summed E-state index contributed by atoms with van der Waals surface area (Å²) in [5.74, 6) is 2.64.